The molecule has 1 aliphatic carbocycles. The third kappa shape index (κ3) is 3.15. The molecular formula is C15H19N3O2S. The van der Waals surface area contributed by atoms with Crippen LogP contribution in [0.1, 0.15) is 40.0 Å². The van der Waals surface area contributed by atoms with E-state index in [0.717, 1.165) is 24.4 Å². The summed E-state index contributed by atoms with van der Waals surface area (Å²) in [5.74, 6) is 0.438. The van der Waals surface area contributed by atoms with Gasteiger partial charge in [0.05, 0.1) is 22.8 Å². The van der Waals surface area contributed by atoms with Gasteiger partial charge in [0.25, 0.3) is 0 Å². The van der Waals surface area contributed by atoms with E-state index in [1.165, 1.54) is 23.3 Å². The zero-order valence-electron chi connectivity index (χ0n) is 12.3. The van der Waals surface area contributed by atoms with Crippen molar-refractivity contribution in [2.24, 2.45) is 0 Å². The summed E-state index contributed by atoms with van der Waals surface area (Å²) in [5.41, 5.74) is 1.89. The van der Waals surface area contributed by atoms with Crippen molar-refractivity contribution in [1.29, 1.82) is 0 Å². The van der Waals surface area contributed by atoms with Crippen LogP contribution in [-0.2, 0) is 17.6 Å². The molecule has 0 saturated heterocycles. The van der Waals surface area contributed by atoms with Crippen molar-refractivity contribution in [2.45, 2.75) is 38.5 Å². The smallest absolute Gasteiger partial charge is 0.228 e. The Balaban J connectivity index is 1.65. The Morgan fingerprint density at radius 1 is 1.57 bits per heavy atom. The van der Waals surface area contributed by atoms with Crippen LogP contribution in [-0.4, -0.2) is 34.5 Å². The summed E-state index contributed by atoms with van der Waals surface area (Å²) in [6.45, 7) is 2.78. The van der Waals surface area contributed by atoms with E-state index in [2.05, 4.69) is 17.1 Å². The van der Waals surface area contributed by atoms with E-state index in [4.69, 9.17) is 4.52 Å². The van der Waals surface area contributed by atoms with Gasteiger partial charge in [-0.2, -0.15) is 0 Å². The van der Waals surface area contributed by atoms with E-state index in [9.17, 15) is 4.79 Å². The standard InChI is InChI=1S/C15H19N3O2S/c1-10-16-15-11(4-3-5-13(15)21-10)9-18(2)14(19)8-12-6-7-20-17-12/h6-7,11H,3-5,8-9H2,1-2H3. The minimum Gasteiger partial charge on any atom is -0.364 e. The number of hydrogen-bond acceptors (Lipinski definition) is 5. The van der Waals surface area contributed by atoms with E-state index in [1.54, 1.807) is 22.3 Å². The quantitative estimate of drug-likeness (QED) is 0.871. The van der Waals surface area contributed by atoms with Crippen LogP contribution in [0.15, 0.2) is 16.9 Å². The van der Waals surface area contributed by atoms with Gasteiger partial charge in [0.15, 0.2) is 0 Å². The third-order valence-electron chi connectivity index (χ3n) is 3.92. The Hall–Kier alpha value is -1.69. The molecule has 2 aromatic rings. The second-order valence-corrected chi connectivity index (χ2v) is 6.86. The lowest BCUT2D eigenvalue weighted by molar-refractivity contribution is -0.129. The fourth-order valence-corrected chi connectivity index (χ4v) is 3.92. The SMILES string of the molecule is Cc1nc2c(s1)CCCC2CN(C)C(=O)Cc1ccon1. The highest BCUT2D eigenvalue weighted by molar-refractivity contribution is 7.11. The minimum absolute atomic E-state index is 0.0722. The van der Waals surface area contributed by atoms with E-state index in [-0.39, 0.29) is 5.91 Å². The molecule has 1 amide bonds. The molecule has 2 heterocycles. The molecule has 0 bridgehead atoms. The summed E-state index contributed by atoms with van der Waals surface area (Å²) in [6, 6.07) is 1.73. The Kier molecular flexibility index (Phi) is 4.05. The summed E-state index contributed by atoms with van der Waals surface area (Å²) in [7, 11) is 1.86. The number of aromatic nitrogens is 2. The first-order valence-corrected chi connectivity index (χ1v) is 8.04. The zero-order chi connectivity index (χ0) is 14.8. The van der Waals surface area contributed by atoms with E-state index in [1.807, 2.05) is 7.05 Å². The second kappa shape index (κ2) is 5.97. The van der Waals surface area contributed by atoms with Crippen LogP contribution in [0.2, 0.25) is 0 Å². The van der Waals surface area contributed by atoms with Crippen LogP contribution in [0.5, 0.6) is 0 Å². The van der Waals surface area contributed by atoms with Gasteiger partial charge in [-0.3, -0.25) is 4.79 Å². The minimum atomic E-state index is 0.0722. The molecule has 0 saturated carbocycles. The zero-order valence-corrected chi connectivity index (χ0v) is 13.2. The van der Waals surface area contributed by atoms with Gasteiger partial charge in [-0.1, -0.05) is 5.16 Å². The number of aryl methyl sites for hydroxylation is 2. The Bertz CT molecular complexity index is 621. The number of hydrogen-bond donors (Lipinski definition) is 0. The number of carbonyl (C=O) groups excluding carboxylic acids is 1. The van der Waals surface area contributed by atoms with Gasteiger partial charge in [-0.25, -0.2) is 4.98 Å². The number of rotatable bonds is 4. The van der Waals surface area contributed by atoms with Crippen LogP contribution in [0.4, 0.5) is 0 Å². The number of amides is 1. The molecule has 21 heavy (non-hydrogen) atoms. The van der Waals surface area contributed by atoms with E-state index < -0.39 is 0 Å². The molecule has 1 atom stereocenters. The van der Waals surface area contributed by atoms with Crippen molar-refractivity contribution in [1.82, 2.24) is 15.0 Å². The van der Waals surface area contributed by atoms with Gasteiger partial charge in [-0.15, -0.1) is 11.3 Å². The van der Waals surface area contributed by atoms with Crippen molar-refractivity contribution >= 4 is 17.2 Å². The lowest BCUT2D eigenvalue weighted by atomic mass is 9.90. The first-order chi connectivity index (χ1) is 10.1. The molecule has 0 spiro atoms. The Labute approximate surface area is 128 Å². The predicted octanol–water partition coefficient (Wildman–Crippen LogP) is 2.56. The lowest BCUT2D eigenvalue weighted by Gasteiger charge is -2.26. The van der Waals surface area contributed by atoms with Crippen molar-refractivity contribution in [3.63, 3.8) is 0 Å². The Morgan fingerprint density at radius 3 is 3.19 bits per heavy atom. The van der Waals surface area contributed by atoms with Crippen molar-refractivity contribution in [2.75, 3.05) is 13.6 Å². The largest absolute Gasteiger partial charge is 0.364 e. The molecule has 0 fully saturated rings. The van der Waals surface area contributed by atoms with Crippen molar-refractivity contribution in [3.8, 4) is 0 Å². The van der Waals surface area contributed by atoms with Gasteiger partial charge in [0, 0.05) is 30.5 Å². The number of likely N-dealkylation sites (N-methyl/N-ethyl adjacent to an activating group) is 1. The highest BCUT2D eigenvalue weighted by Gasteiger charge is 2.26. The summed E-state index contributed by atoms with van der Waals surface area (Å²) < 4.78 is 4.76. The van der Waals surface area contributed by atoms with Gasteiger partial charge >= 0.3 is 0 Å². The normalized spacial score (nSPS) is 17.5. The summed E-state index contributed by atoms with van der Waals surface area (Å²) >= 11 is 1.80. The van der Waals surface area contributed by atoms with E-state index in [0.29, 0.717) is 18.0 Å². The van der Waals surface area contributed by atoms with E-state index >= 15 is 0 Å². The third-order valence-corrected chi connectivity index (χ3v) is 4.97. The topological polar surface area (TPSA) is 59.2 Å². The molecule has 6 heteroatoms. The number of thiazole rings is 1. The maximum Gasteiger partial charge on any atom is 0.228 e. The average Bonchev–Trinajstić information content (AvgIpc) is 3.07. The maximum atomic E-state index is 12.2. The summed E-state index contributed by atoms with van der Waals surface area (Å²) in [5, 5.41) is 4.92. The molecular weight excluding hydrogens is 286 g/mol. The first kappa shape index (κ1) is 14.3. The molecule has 1 aliphatic rings. The molecule has 3 rings (SSSR count). The predicted molar refractivity (Wildman–Crippen MR) is 80.4 cm³/mol. The maximum absolute atomic E-state index is 12.2. The summed E-state index contributed by atoms with van der Waals surface area (Å²) in [4.78, 5) is 20.1. The molecule has 1 unspecified atom stereocenters. The monoisotopic (exact) mass is 305 g/mol. The fraction of sp³-hybridized carbons (Fsp3) is 0.533. The van der Waals surface area contributed by atoms with Crippen LogP contribution >= 0.6 is 11.3 Å². The van der Waals surface area contributed by atoms with Crippen LogP contribution in [0, 0.1) is 6.92 Å². The summed E-state index contributed by atoms with van der Waals surface area (Å²) in [6.07, 6.45) is 5.22. The number of carbonyl (C=O) groups is 1. The lowest BCUT2D eigenvalue weighted by Crippen LogP contribution is -2.33. The molecule has 5 nitrogen and oxygen atoms in total. The number of nitrogens with zero attached hydrogens (tertiary/aromatic N) is 3. The van der Waals surface area contributed by atoms with Crippen LogP contribution in [0.3, 0.4) is 0 Å². The molecule has 0 aliphatic heterocycles. The average molecular weight is 305 g/mol. The van der Waals surface area contributed by atoms with Gasteiger partial charge < -0.3 is 9.42 Å². The first-order valence-electron chi connectivity index (χ1n) is 7.23. The van der Waals surface area contributed by atoms with Crippen molar-refractivity contribution in [3.05, 3.63) is 33.6 Å². The molecule has 0 N–H and O–H groups in total. The molecule has 0 aromatic carbocycles. The Morgan fingerprint density at radius 2 is 2.43 bits per heavy atom. The second-order valence-electron chi connectivity index (χ2n) is 5.57. The highest BCUT2D eigenvalue weighted by atomic mass is 32.1. The molecule has 112 valence electrons. The van der Waals surface area contributed by atoms with Crippen molar-refractivity contribution < 1.29 is 9.32 Å². The fourth-order valence-electron chi connectivity index (χ4n) is 2.86. The number of fused-ring (bicyclic) bond motifs is 1. The molecule has 0 radical (unpaired) electrons. The molecule has 2 aromatic heterocycles. The van der Waals surface area contributed by atoms with Gasteiger partial charge in [0.1, 0.15) is 6.26 Å². The van der Waals surface area contributed by atoms with Gasteiger partial charge in [0.2, 0.25) is 5.91 Å². The van der Waals surface area contributed by atoms with Crippen LogP contribution in [0.25, 0.3) is 0 Å². The van der Waals surface area contributed by atoms with Gasteiger partial charge in [-0.05, 0) is 26.2 Å². The van der Waals surface area contributed by atoms with Crippen LogP contribution < -0.4 is 0 Å². The highest BCUT2D eigenvalue weighted by Crippen LogP contribution is 2.34.